The number of benzene rings is 1. The van der Waals surface area contributed by atoms with Crippen molar-refractivity contribution in [1.29, 1.82) is 0 Å². The van der Waals surface area contributed by atoms with Crippen LogP contribution in [0.25, 0.3) is 10.9 Å². The molecule has 3 aromatic rings. The van der Waals surface area contributed by atoms with Crippen molar-refractivity contribution in [2.45, 2.75) is 59.0 Å². The molecule has 0 radical (unpaired) electrons. The van der Waals surface area contributed by atoms with Crippen LogP contribution in [0.1, 0.15) is 55.9 Å². The fourth-order valence-corrected chi connectivity index (χ4v) is 5.07. The predicted octanol–water partition coefficient (Wildman–Crippen LogP) is 3.89. The van der Waals surface area contributed by atoms with Gasteiger partial charge in [-0.3, -0.25) is 24.2 Å². The van der Waals surface area contributed by atoms with Gasteiger partial charge in [0, 0.05) is 54.9 Å². The van der Waals surface area contributed by atoms with E-state index >= 15 is 0 Å². The number of rotatable bonds is 13. The summed E-state index contributed by atoms with van der Waals surface area (Å²) >= 11 is 1.20. The summed E-state index contributed by atoms with van der Waals surface area (Å²) in [6.45, 7) is 8.58. The number of fused-ring (bicyclic) bond motifs is 1. The largest absolute Gasteiger partial charge is 0.479 e. The molecule has 0 aliphatic carbocycles. The number of nitrogens with zero attached hydrogens (tertiary/aromatic N) is 2. The minimum Gasteiger partial charge on any atom is -0.479 e. The maximum absolute atomic E-state index is 13.2. The van der Waals surface area contributed by atoms with Crippen LogP contribution < -0.4 is 16.0 Å². The number of aromatic amines is 1. The molecule has 4 N–H and O–H groups in total. The second-order valence-corrected chi connectivity index (χ2v) is 10.8. The molecule has 3 heterocycles. The lowest BCUT2D eigenvalue weighted by molar-refractivity contribution is -0.130. The molecule has 0 saturated carbocycles. The highest BCUT2D eigenvalue weighted by Gasteiger charge is 2.27. The highest BCUT2D eigenvalue weighted by Crippen LogP contribution is 2.20. The fourth-order valence-electron chi connectivity index (χ4n) is 4.44. The number of ether oxygens (including phenoxy) is 1. The number of aliphatic imine (C=N–C) groups is 1. The Balaban J connectivity index is 0.000000785. The van der Waals surface area contributed by atoms with Gasteiger partial charge in [0.05, 0.1) is 19.1 Å². The number of para-hydroxylation sites is 1. The lowest BCUT2D eigenvalue weighted by Crippen LogP contribution is -2.51. The number of nitrogens with one attached hydrogen (secondary N) is 4. The fraction of sp³-hybridized carbons (Fsp3) is 0.375. The molecule has 3 amide bonds. The van der Waals surface area contributed by atoms with Crippen LogP contribution in [0.3, 0.4) is 0 Å². The molecular weight excluding hydrogens is 580 g/mol. The second kappa shape index (κ2) is 17.5. The number of allylic oxidation sites excluding steroid dienone is 3. The van der Waals surface area contributed by atoms with Crippen LogP contribution in [0.5, 0.6) is 0 Å². The molecular formula is C32H40N6O5S. The minimum atomic E-state index is -0.871. The van der Waals surface area contributed by atoms with Crippen LogP contribution in [0.15, 0.2) is 70.8 Å². The summed E-state index contributed by atoms with van der Waals surface area (Å²) in [6, 6.07) is 6.01. The Labute approximate surface area is 261 Å². The van der Waals surface area contributed by atoms with Gasteiger partial charge in [-0.05, 0) is 25.5 Å². The van der Waals surface area contributed by atoms with E-state index in [0.717, 1.165) is 41.1 Å². The molecule has 2 aromatic heterocycles. The summed E-state index contributed by atoms with van der Waals surface area (Å²) in [5, 5.41) is 11.0. The molecule has 2 atom stereocenters. The van der Waals surface area contributed by atoms with Gasteiger partial charge in [-0.25, -0.2) is 4.98 Å². The molecule has 44 heavy (non-hydrogen) atoms. The third-order valence-electron chi connectivity index (χ3n) is 6.72. The number of hydrogen-bond acceptors (Lipinski definition) is 8. The van der Waals surface area contributed by atoms with Crippen LogP contribution >= 0.6 is 11.3 Å². The number of carbonyl (C=O) groups excluding carboxylic acids is 4. The highest BCUT2D eigenvalue weighted by atomic mass is 32.1. The molecule has 11 nitrogen and oxygen atoms in total. The lowest BCUT2D eigenvalue weighted by atomic mass is 10.0. The van der Waals surface area contributed by atoms with E-state index in [1.54, 1.807) is 18.5 Å². The molecule has 1 aliphatic heterocycles. The summed E-state index contributed by atoms with van der Waals surface area (Å²) in [5.74, 6) is -0.742. The number of thiazole rings is 1. The standard InChI is InChI=1S/C28H33N5O4S.C4H7NO/c1-4-9-18(5-2)14-23(33-24(34)6-3)27(37)31-17-25(35)32-22(26(36)28-29-12-13-38-28)15-19-16-30-21-11-8-7-10-20(19)21;1-4-5-2-3-6-4/h4-5,7-13,16,22-23,30H,6,14-15,17H2,1-3H3,(H,31,37)(H,32,35)(H,33,34);2-3H2,1H3/b9-4-,18-5+;. The molecule has 0 spiro atoms. The van der Waals surface area contributed by atoms with Crippen molar-refractivity contribution in [3.05, 3.63) is 76.4 Å². The van der Waals surface area contributed by atoms with E-state index in [9.17, 15) is 19.2 Å². The van der Waals surface area contributed by atoms with Gasteiger partial charge in [0.2, 0.25) is 23.5 Å². The van der Waals surface area contributed by atoms with E-state index in [1.165, 1.54) is 11.3 Å². The van der Waals surface area contributed by atoms with Gasteiger partial charge in [-0.2, -0.15) is 0 Å². The molecule has 234 valence electrons. The Morgan fingerprint density at radius 1 is 1.11 bits per heavy atom. The summed E-state index contributed by atoms with van der Waals surface area (Å²) in [7, 11) is 0. The SMILES string of the molecule is C/C=C\C(=C/C)CC(NC(=O)CC)C(=O)NCC(=O)NC(Cc1c[nH]c2ccccc12)C(=O)c1nccs1.CC1=NCCO1. The van der Waals surface area contributed by atoms with E-state index in [-0.39, 0.29) is 37.5 Å². The molecule has 12 heteroatoms. The quantitative estimate of drug-likeness (QED) is 0.168. The van der Waals surface area contributed by atoms with Gasteiger partial charge in [-0.1, -0.05) is 48.9 Å². The van der Waals surface area contributed by atoms with E-state index in [0.29, 0.717) is 5.01 Å². The van der Waals surface area contributed by atoms with E-state index < -0.39 is 23.9 Å². The first kappa shape index (κ1) is 33.9. The second-order valence-electron chi connectivity index (χ2n) is 9.89. The summed E-state index contributed by atoms with van der Waals surface area (Å²) in [6.07, 6.45) is 9.72. The van der Waals surface area contributed by atoms with Crippen molar-refractivity contribution in [2.24, 2.45) is 4.99 Å². The molecule has 0 saturated heterocycles. The molecule has 2 unspecified atom stereocenters. The first-order chi connectivity index (χ1) is 21.2. The number of Topliss-reactive ketones (excluding diaryl/α,β-unsaturated/α-hetero) is 1. The summed E-state index contributed by atoms with van der Waals surface area (Å²) in [4.78, 5) is 62.3. The zero-order valence-electron chi connectivity index (χ0n) is 25.5. The molecule has 4 rings (SSSR count). The van der Waals surface area contributed by atoms with Gasteiger partial charge in [0.15, 0.2) is 10.9 Å². The van der Waals surface area contributed by atoms with Crippen LogP contribution in [0.4, 0.5) is 0 Å². The smallest absolute Gasteiger partial charge is 0.243 e. The number of carbonyl (C=O) groups is 4. The van der Waals surface area contributed by atoms with Crippen molar-refractivity contribution in [3.8, 4) is 0 Å². The minimum absolute atomic E-state index is 0.230. The van der Waals surface area contributed by atoms with Gasteiger partial charge >= 0.3 is 0 Å². The third kappa shape index (κ3) is 10.3. The number of H-pyrrole nitrogens is 1. The van der Waals surface area contributed by atoms with Crippen molar-refractivity contribution in [2.75, 3.05) is 19.7 Å². The van der Waals surface area contributed by atoms with Crippen LogP contribution in [-0.2, 0) is 25.5 Å². The summed E-state index contributed by atoms with van der Waals surface area (Å²) < 4.78 is 4.90. The topological polar surface area (TPSA) is 155 Å². The Hall–Kier alpha value is -4.58. The first-order valence-electron chi connectivity index (χ1n) is 14.5. The van der Waals surface area contributed by atoms with Crippen LogP contribution in [0.2, 0.25) is 0 Å². The molecule has 1 aliphatic rings. The lowest BCUT2D eigenvalue weighted by Gasteiger charge is -2.20. The van der Waals surface area contributed by atoms with Crippen LogP contribution in [0, 0.1) is 0 Å². The molecule has 0 bridgehead atoms. The molecule has 0 fully saturated rings. The molecule has 1 aromatic carbocycles. The van der Waals surface area contributed by atoms with E-state index in [1.807, 2.05) is 69.5 Å². The third-order valence-corrected chi connectivity index (χ3v) is 7.51. The van der Waals surface area contributed by atoms with Crippen molar-refractivity contribution in [1.82, 2.24) is 25.9 Å². The van der Waals surface area contributed by atoms with E-state index in [2.05, 4.69) is 30.9 Å². The number of aromatic nitrogens is 2. The van der Waals surface area contributed by atoms with Crippen LogP contribution in [-0.4, -0.2) is 71.2 Å². The van der Waals surface area contributed by atoms with Gasteiger partial charge in [0.25, 0.3) is 0 Å². The van der Waals surface area contributed by atoms with E-state index in [4.69, 9.17) is 4.74 Å². The van der Waals surface area contributed by atoms with Crippen molar-refractivity contribution >= 4 is 51.6 Å². The van der Waals surface area contributed by atoms with Crippen molar-refractivity contribution in [3.63, 3.8) is 0 Å². The average molecular weight is 621 g/mol. The number of amides is 3. The maximum Gasteiger partial charge on any atom is 0.243 e. The Bertz CT molecular complexity index is 1510. The first-order valence-corrected chi connectivity index (χ1v) is 15.4. The maximum atomic E-state index is 13.2. The van der Waals surface area contributed by atoms with Gasteiger partial charge < -0.3 is 25.7 Å². The Kier molecular flexibility index (Phi) is 13.5. The number of ketones is 1. The Morgan fingerprint density at radius 2 is 1.89 bits per heavy atom. The van der Waals surface area contributed by atoms with Gasteiger partial charge in [0.1, 0.15) is 12.6 Å². The Morgan fingerprint density at radius 3 is 2.50 bits per heavy atom. The zero-order chi connectivity index (χ0) is 31.9. The monoisotopic (exact) mass is 620 g/mol. The predicted molar refractivity (Wildman–Crippen MR) is 173 cm³/mol. The van der Waals surface area contributed by atoms with Gasteiger partial charge in [-0.15, -0.1) is 11.3 Å². The zero-order valence-corrected chi connectivity index (χ0v) is 26.3. The summed E-state index contributed by atoms with van der Waals surface area (Å²) in [5.41, 5.74) is 2.69. The highest BCUT2D eigenvalue weighted by molar-refractivity contribution is 7.11. The normalized spacial score (nSPS) is 14.2. The van der Waals surface area contributed by atoms with Crippen molar-refractivity contribution < 1.29 is 23.9 Å². The number of hydrogen-bond donors (Lipinski definition) is 4. The average Bonchev–Trinajstić information content (AvgIpc) is 3.82.